The van der Waals surface area contributed by atoms with Crippen molar-refractivity contribution in [1.82, 2.24) is 0 Å². The number of para-hydroxylation sites is 2. The summed E-state index contributed by atoms with van der Waals surface area (Å²) < 4.78 is 26.3. The first-order chi connectivity index (χ1) is 32.4. The normalized spacial score (nSPS) is 14.3. The summed E-state index contributed by atoms with van der Waals surface area (Å²) in [6, 6.07) is 51.9. The van der Waals surface area contributed by atoms with Gasteiger partial charge in [0.25, 0.3) is 0 Å². The second kappa shape index (κ2) is 20.2. The summed E-state index contributed by atoms with van der Waals surface area (Å²) in [5, 5.41) is 30.2. The maximum atomic E-state index is 14.4. The van der Waals surface area contributed by atoms with Gasteiger partial charge in [-0.3, -0.25) is 0 Å². The van der Waals surface area contributed by atoms with E-state index in [2.05, 4.69) is 0 Å². The Balaban J connectivity index is 1.35. The molecule has 0 aromatic heterocycles. The summed E-state index contributed by atoms with van der Waals surface area (Å²) in [5.74, 6) is -0.402. The molecular weight excluding hydrogens is 1000 g/mol. The van der Waals surface area contributed by atoms with Gasteiger partial charge in [0.15, 0.2) is 17.2 Å². The molecule has 3 unspecified atom stereocenters. The molecule has 3 atom stereocenters. The Bertz CT molecular complexity index is 2980. The second-order valence-electron chi connectivity index (χ2n) is 16.8. The van der Waals surface area contributed by atoms with Crippen molar-refractivity contribution in [3.8, 4) is 34.5 Å². The summed E-state index contributed by atoms with van der Waals surface area (Å²) in [6.07, 6.45) is 0. The lowest BCUT2D eigenvalue weighted by Crippen LogP contribution is -2.62. The Morgan fingerprint density at radius 2 is 0.676 bits per heavy atom. The molecular formula is C55H41Cl7O6. The molecule has 8 aromatic carbocycles. The molecule has 0 heterocycles. The number of halogens is 7. The van der Waals surface area contributed by atoms with Crippen molar-refractivity contribution in [3.63, 3.8) is 0 Å². The van der Waals surface area contributed by atoms with Crippen LogP contribution in [-0.4, -0.2) is 10.2 Å². The molecule has 0 radical (unpaired) electrons. The first kappa shape index (κ1) is 49.5. The predicted molar refractivity (Wildman–Crippen MR) is 275 cm³/mol. The zero-order chi connectivity index (χ0) is 48.4. The van der Waals surface area contributed by atoms with E-state index in [-0.39, 0.29) is 27.3 Å². The molecule has 0 aliphatic heterocycles. The van der Waals surface area contributed by atoms with Gasteiger partial charge in [-0.25, -0.2) is 0 Å². The average molecular weight is 1050 g/mol. The summed E-state index contributed by atoms with van der Waals surface area (Å²) in [4.78, 5) is 0. The Morgan fingerprint density at radius 1 is 0.353 bits per heavy atom. The number of rotatable bonds is 14. The van der Waals surface area contributed by atoms with Crippen molar-refractivity contribution < 1.29 is 29.2 Å². The highest BCUT2D eigenvalue weighted by molar-refractivity contribution is 6.40. The SMILES string of the molecule is CC(C)(C)C(OC(O)(c1ccccc1)c1ccc(Oc2c(Cl)cc(Cl)cc2Cl)cc1)(c1ccc(Oc2c(Cl)cccc2Cl)cc1)C(O)(c1ccccc1)c1ccc(Oc2c(Cl)cccc2Cl)cc1. The molecule has 0 fully saturated rings. The Kier molecular flexibility index (Phi) is 14.7. The fourth-order valence-corrected chi connectivity index (χ4v) is 10.1. The average Bonchev–Trinajstić information content (AvgIpc) is 3.32. The quantitative estimate of drug-likeness (QED) is 0.106. The topological polar surface area (TPSA) is 77.4 Å². The van der Waals surface area contributed by atoms with Crippen LogP contribution in [0.4, 0.5) is 0 Å². The first-order valence-electron chi connectivity index (χ1n) is 21.1. The predicted octanol–water partition coefficient (Wildman–Crippen LogP) is 17.7. The largest absolute Gasteiger partial charge is 0.454 e. The molecule has 8 aromatic rings. The van der Waals surface area contributed by atoms with Crippen LogP contribution in [0, 0.1) is 5.41 Å². The van der Waals surface area contributed by atoms with E-state index in [1.807, 2.05) is 57.2 Å². The van der Waals surface area contributed by atoms with Gasteiger partial charge in [0.2, 0.25) is 5.79 Å². The van der Waals surface area contributed by atoms with Crippen molar-refractivity contribution in [3.05, 3.63) is 245 Å². The van der Waals surface area contributed by atoms with Crippen molar-refractivity contribution in [2.75, 3.05) is 0 Å². The number of hydrogen-bond donors (Lipinski definition) is 2. The molecule has 13 heteroatoms. The highest BCUT2D eigenvalue weighted by Gasteiger charge is 2.64. The molecule has 6 nitrogen and oxygen atoms in total. The van der Waals surface area contributed by atoms with E-state index >= 15 is 0 Å². The van der Waals surface area contributed by atoms with Crippen molar-refractivity contribution in [1.29, 1.82) is 0 Å². The molecule has 0 aliphatic rings. The van der Waals surface area contributed by atoms with Crippen molar-refractivity contribution in [2.24, 2.45) is 5.41 Å². The Morgan fingerprint density at radius 3 is 1.07 bits per heavy atom. The molecule has 68 heavy (non-hydrogen) atoms. The van der Waals surface area contributed by atoms with Gasteiger partial charge in [-0.1, -0.05) is 199 Å². The van der Waals surface area contributed by atoms with E-state index in [1.54, 1.807) is 133 Å². The minimum absolute atomic E-state index is 0.204. The van der Waals surface area contributed by atoms with Gasteiger partial charge in [-0.15, -0.1) is 0 Å². The van der Waals surface area contributed by atoms with Gasteiger partial charge in [0.1, 0.15) is 28.5 Å². The molecule has 0 saturated carbocycles. The fourth-order valence-electron chi connectivity index (χ4n) is 8.30. The van der Waals surface area contributed by atoms with Gasteiger partial charge >= 0.3 is 0 Å². The lowest BCUT2D eigenvalue weighted by atomic mass is 9.58. The van der Waals surface area contributed by atoms with E-state index in [1.165, 1.54) is 12.1 Å². The fraction of sp³-hybridized carbons (Fsp3) is 0.127. The van der Waals surface area contributed by atoms with Crippen LogP contribution in [0.25, 0.3) is 0 Å². The molecule has 0 amide bonds. The monoisotopic (exact) mass is 1040 g/mol. The lowest BCUT2D eigenvalue weighted by molar-refractivity contribution is -0.333. The Labute approximate surface area is 430 Å². The number of ether oxygens (including phenoxy) is 4. The maximum absolute atomic E-state index is 14.4. The van der Waals surface area contributed by atoms with E-state index in [0.717, 1.165) is 0 Å². The summed E-state index contributed by atoms with van der Waals surface area (Å²) >= 11 is 45.2. The van der Waals surface area contributed by atoms with E-state index in [9.17, 15) is 10.2 Å². The lowest BCUT2D eigenvalue weighted by Gasteiger charge is -2.57. The molecule has 0 saturated heterocycles. The van der Waals surface area contributed by atoms with Gasteiger partial charge < -0.3 is 29.2 Å². The van der Waals surface area contributed by atoms with Gasteiger partial charge in [0.05, 0.1) is 30.1 Å². The number of aliphatic hydroxyl groups is 2. The van der Waals surface area contributed by atoms with Gasteiger partial charge in [-0.05, 0) is 107 Å². The van der Waals surface area contributed by atoms with E-state index in [4.69, 9.17) is 100 Å². The van der Waals surface area contributed by atoms with Crippen LogP contribution >= 0.6 is 81.2 Å². The number of benzene rings is 8. The van der Waals surface area contributed by atoms with Crippen LogP contribution in [0.1, 0.15) is 48.6 Å². The molecule has 0 aliphatic carbocycles. The molecule has 8 rings (SSSR count). The smallest absolute Gasteiger partial charge is 0.220 e. The van der Waals surface area contributed by atoms with Crippen LogP contribution in [-0.2, 0) is 21.7 Å². The van der Waals surface area contributed by atoms with Crippen LogP contribution in [0.2, 0.25) is 35.2 Å². The summed E-state index contributed by atoms with van der Waals surface area (Å²) in [5.41, 5.74) is -3.22. The van der Waals surface area contributed by atoms with E-state index < -0.39 is 22.4 Å². The van der Waals surface area contributed by atoms with Crippen molar-refractivity contribution >= 4 is 81.2 Å². The van der Waals surface area contributed by atoms with Gasteiger partial charge in [-0.2, -0.15) is 0 Å². The highest BCUT2D eigenvalue weighted by Crippen LogP contribution is 2.60. The third kappa shape index (κ3) is 9.66. The molecule has 0 bridgehead atoms. The second-order valence-corrected chi connectivity index (χ2v) is 19.7. The van der Waals surface area contributed by atoms with Crippen molar-refractivity contribution in [2.45, 2.75) is 37.8 Å². The zero-order valence-corrected chi connectivity index (χ0v) is 41.8. The standard InChI is InChI=1S/C55H41Cl7O6/c1-52(2,3)55(38-24-30-42(31-25-38)66-50-45(59)18-11-19-46(50)60,53(63,34-12-6-4-7-13-34)35-20-26-40(27-21-35)65-49-43(57)16-10-17-44(49)58)68-54(64,36-14-8-5-9-15-36)37-22-28-41(29-23-37)67-51-47(61)32-39(56)33-48(51)62/h4-33,63-64H,1-3H3. The minimum atomic E-state index is -2.30. The summed E-state index contributed by atoms with van der Waals surface area (Å²) in [6.45, 7) is 5.81. The minimum Gasteiger partial charge on any atom is -0.454 e. The zero-order valence-electron chi connectivity index (χ0n) is 36.5. The van der Waals surface area contributed by atoms with Crippen LogP contribution in [0.15, 0.2) is 182 Å². The first-order valence-corrected chi connectivity index (χ1v) is 23.7. The van der Waals surface area contributed by atoms with Crippen LogP contribution in [0.3, 0.4) is 0 Å². The van der Waals surface area contributed by atoms with E-state index in [0.29, 0.717) is 70.2 Å². The van der Waals surface area contributed by atoms with Gasteiger partial charge in [0, 0.05) is 16.1 Å². The molecule has 2 N–H and O–H groups in total. The molecule has 0 spiro atoms. The third-order valence-electron chi connectivity index (χ3n) is 11.5. The Hall–Kier alpha value is -4.93. The molecule has 346 valence electrons. The number of hydrogen-bond acceptors (Lipinski definition) is 6. The van der Waals surface area contributed by atoms with Crippen LogP contribution < -0.4 is 14.2 Å². The maximum Gasteiger partial charge on any atom is 0.220 e. The summed E-state index contributed by atoms with van der Waals surface area (Å²) in [7, 11) is 0. The third-order valence-corrected chi connectivity index (χ3v) is 13.4. The van der Waals surface area contributed by atoms with Crippen LogP contribution in [0.5, 0.6) is 34.5 Å². The highest BCUT2D eigenvalue weighted by atomic mass is 35.5.